The zero-order chi connectivity index (χ0) is 22.4. The van der Waals surface area contributed by atoms with Crippen molar-refractivity contribution in [3.8, 4) is 0 Å². The van der Waals surface area contributed by atoms with Crippen LogP contribution in [0.5, 0.6) is 0 Å². The molecule has 0 unspecified atom stereocenters. The topological polar surface area (TPSA) is 68.5 Å². The van der Waals surface area contributed by atoms with Crippen molar-refractivity contribution in [3.05, 3.63) is 59.0 Å². The summed E-state index contributed by atoms with van der Waals surface area (Å²) < 4.78 is 0.455. The molecule has 1 aliphatic heterocycles. The second-order valence-corrected chi connectivity index (χ2v) is 8.70. The largest absolute Gasteiger partial charge is 0.480 e. The standard InChI is InChI=1S/C22H22N4O2S3/c1-3-25(4-2)18-11-9-17(10-12-18)24-23-16-7-5-15(6-8-16)13-19-21(29)26(14-20(27)28)22(30)31-19/h5-13H,3-4,14H2,1-2H3,(H,27,28). The number of azo groups is 1. The Bertz CT molecular complexity index is 1030. The highest BCUT2D eigenvalue weighted by Gasteiger charge is 2.29. The van der Waals surface area contributed by atoms with Gasteiger partial charge in [-0.05, 0) is 61.9 Å². The Morgan fingerprint density at radius 3 is 2.10 bits per heavy atom. The van der Waals surface area contributed by atoms with Crippen molar-refractivity contribution in [1.29, 1.82) is 0 Å². The predicted octanol–water partition coefficient (Wildman–Crippen LogP) is 6.03. The number of hydrogen-bond acceptors (Lipinski definition) is 7. The van der Waals surface area contributed by atoms with Crippen LogP contribution in [-0.2, 0) is 4.79 Å². The van der Waals surface area contributed by atoms with Crippen LogP contribution in [0, 0.1) is 0 Å². The van der Waals surface area contributed by atoms with Crippen LogP contribution in [0.3, 0.4) is 0 Å². The van der Waals surface area contributed by atoms with E-state index >= 15 is 0 Å². The summed E-state index contributed by atoms with van der Waals surface area (Å²) in [6, 6.07) is 15.6. The Hall–Kier alpha value is -2.62. The van der Waals surface area contributed by atoms with Gasteiger partial charge in [0, 0.05) is 18.8 Å². The molecule has 31 heavy (non-hydrogen) atoms. The van der Waals surface area contributed by atoms with Gasteiger partial charge in [0.2, 0.25) is 0 Å². The molecule has 160 valence electrons. The molecular weight excluding hydrogens is 448 g/mol. The van der Waals surface area contributed by atoms with E-state index in [-0.39, 0.29) is 6.54 Å². The zero-order valence-electron chi connectivity index (χ0n) is 17.2. The lowest BCUT2D eigenvalue weighted by Crippen LogP contribution is -2.32. The molecule has 6 nitrogen and oxygen atoms in total. The van der Waals surface area contributed by atoms with Gasteiger partial charge in [-0.15, -0.1) is 0 Å². The summed E-state index contributed by atoms with van der Waals surface area (Å²) in [4.78, 5) is 15.9. The van der Waals surface area contributed by atoms with Gasteiger partial charge in [-0.1, -0.05) is 48.3 Å². The van der Waals surface area contributed by atoms with E-state index in [0.717, 1.165) is 34.9 Å². The number of hydrogen-bond donors (Lipinski definition) is 1. The molecule has 2 aromatic carbocycles. The summed E-state index contributed by atoms with van der Waals surface area (Å²) in [5.41, 5.74) is 3.62. The molecule has 0 radical (unpaired) electrons. The van der Waals surface area contributed by atoms with Crippen LogP contribution in [0.4, 0.5) is 17.1 Å². The third-order valence-corrected chi connectivity index (χ3v) is 6.58. The molecule has 1 saturated heterocycles. The number of rotatable bonds is 8. The molecule has 2 aromatic rings. The van der Waals surface area contributed by atoms with E-state index in [9.17, 15) is 4.79 Å². The lowest BCUT2D eigenvalue weighted by Gasteiger charge is -2.20. The van der Waals surface area contributed by atoms with Gasteiger partial charge in [0.05, 0.1) is 16.3 Å². The average molecular weight is 471 g/mol. The van der Waals surface area contributed by atoms with Gasteiger partial charge in [-0.3, -0.25) is 4.79 Å². The minimum absolute atomic E-state index is 0.225. The predicted molar refractivity (Wildman–Crippen MR) is 136 cm³/mol. The molecule has 0 saturated carbocycles. The Kier molecular flexibility index (Phi) is 7.89. The Morgan fingerprint density at radius 1 is 1.03 bits per heavy atom. The van der Waals surface area contributed by atoms with Crippen molar-refractivity contribution < 1.29 is 9.90 Å². The minimum Gasteiger partial charge on any atom is -0.480 e. The second kappa shape index (κ2) is 10.6. The summed E-state index contributed by atoms with van der Waals surface area (Å²) in [5.74, 6) is -0.969. The van der Waals surface area contributed by atoms with E-state index in [0.29, 0.717) is 9.31 Å². The van der Waals surface area contributed by atoms with Gasteiger partial charge < -0.3 is 14.9 Å². The molecule has 0 bridgehead atoms. The molecule has 0 spiro atoms. The maximum atomic E-state index is 11.0. The summed E-state index contributed by atoms with van der Waals surface area (Å²) >= 11 is 11.9. The number of nitrogens with zero attached hydrogens (tertiary/aromatic N) is 4. The first-order valence-electron chi connectivity index (χ1n) is 9.75. The first kappa shape index (κ1) is 23.1. The highest BCUT2D eigenvalue weighted by Crippen LogP contribution is 2.33. The van der Waals surface area contributed by atoms with Crippen molar-refractivity contribution >= 4 is 74.6 Å². The summed E-state index contributed by atoms with van der Waals surface area (Å²) in [6.07, 6.45) is 1.90. The highest BCUT2D eigenvalue weighted by molar-refractivity contribution is 8.27. The van der Waals surface area contributed by atoms with Crippen molar-refractivity contribution in [3.63, 3.8) is 0 Å². The highest BCUT2D eigenvalue weighted by atomic mass is 32.2. The SMILES string of the molecule is CCN(CC)c1ccc(N=Nc2ccc(C=C3SC(=S)N(CC(=O)O)C3=S)cc2)cc1. The molecule has 0 aliphatic carbocycles. The minimum atomic E-state index is -0.969. The Balaban J connectivity index is 1.67. The first-order valence-corrected chi connectivity index (χ1v) is 11.4. The van der Waals surface area contributed by atoms with Crippen LogP contribution in [0.25, 0.3) is 6.08 Å². The summed E-state index contributed by atoms with van der Waals surface area (Å²) in [6.45, 7) is 5.97. The first-order chi connectivity index (χ1) is 14.9. The van der Waals surface area contributed by atoms with Crippen molar-refractivity contribution in [2.45, 2.75) is 13.8 Å². The zero-order valence-corrected chi connectivity index (χ0v) is 19.6. The van der Waals surface area contributed by atoms with E-state index in [1.807, 2.05) is 42.5 Å². The lowest BCUT2D eigenvalue weighted by atomic mass is 10.2. The molecule has 0 amide bonds. The number of anilines is 1. The number of thioether (sulfide) groups is 1. The fourth-order valence-electron chi connectivity index (χ4n) is 2.99. The number of carboxylic acid groups (broad SMARTS) is 1. The average Bonchev–Trinajstić information content (AvgIpc) is 3.02. The summed E-state index contributed by atoms with van der Waals surface area (Å²) in [5, 5.41) is 17.6. The van der Waals surface area contributed by atoms with E-state index in [1.165, 1.54) is 22.3 Å². The third-order valence-electron chi connectivity index (χ3n) is 4.62. The van der Waals surface area contributed by atoms with E-state index < -0.39 is 5.97 Å². The Labute approximate surface area is 196 Å². The van der Waals surface area contributed by atoms with Crippen LogP contribution in [0.15, 0.2) is 63.7 Å². The molecular formula is C22H22N4O2S3. The van der Waals surface area contributed by atoms with Crippen LogP contribution in [0.1, 0.15) is 19.4 Å². The maximum absolute atomic E-state index is 11.0. The smallest absolute Gasteiger partial charge is 0.323 e. The molecule has 1 aliphatic rings. The summed E-state index contributed by atoms with van der Waals surface area (Å²) in [7, 11) is 0. The van der Waals surface area contributed by atoms with Gasteiger partial charge in [0.25, 0.3) is 0 Å². The molecule has 0 atom stereocenters. The molecule has 0 aromatic heterocycles. The maximum Gasteiger partial charge on any atom is 0.323 e. The molecule has 1 heterocycles. The molecule has 9 heteroatoms. The van der Waals surface area contributed by atoms with E-state index in [2.05, 4.69) is 41.1 Å². The van der Waals surface area contributed by atoms with Crippen molar-refractivity contribution in [1.82, 2.24) is 4.90 Å². The van der Waals surface area contributed by atoms with Gasteiger partial charge in [-0.25, -0.2) is 0 Å². The fourth-order valence-corrected chi connectivity index (χ4v) is 4.72. The van der Waals surface area contributed by atoms with Gasteiger partial charge >= 0.3 is 5.97 Å². The number of carboxylic acids is 1. The van der Waals surface area contributed by atoms with Crippen LogP contribution in [0.2, 0.25) is 0 Å². The van der Waals surface area contributed by atoms with E-state index in [1.54, 1.807) is 0 Å². The van der Waals surface area contributed by atoms with Crippen LogP contribution >= 0.6 is 36.2 Å². The lowest BCUT2D eigenvalue weighted by molar-refractivity contribution is -0.136. The van der Waals surface area contributed by atoms with Crippen LogP contribution in [-0.4, -0.2) is 44.9 Å². The molecule has 1 N–H and O–H groups in total. The van der Waals surface area contributed by atoms with Crippen LogP contribution < -0.4 is 4.90 Å². The molecule has 1 fully saturated rings. The Morgan fingerprint density at radius 2 is 1.58 bits per heavy atom. The second-order valence-electron chi connectivity index (χ2n) is 6.64. The number of aliphatic carboxylic acids is 1. The number of benzene rings is 2. The van der Waals surface area contributed by atoms with Gasteiger partial charge in [0.15, 0.2) is 0 Å². The number of carbonyl (C=O) groups is 1. The van der Waals surface area contributed by atoms with E-state index in [4.69, 9.17) is 29.5 Å². The van der Waals surface area contributed by atoms with Crippen molar-refractivity contribution in [2.75, 3.05) is 24.5 Å². The van der Waals surface area contributed by atoms with Gasteiger partial charge in [-0.2, -0.15) is 10.2 Å². The normalized spacial score (nSPS) is 15.3. The fraction of sp³-hybridized carbons (Fsp3) is 0.227. The molecule has 3 rings (SSSR count). The monoisotopic (exact) mass is 470 g/mol. The third kappa shape index (κ3) is 5.96. The number of thiocarbonyl (C=S) groups is 2. The van der Waals surface area contributed by atoms with Gasteiger partial charge in [0.1, 0.15) is 15.9 Å². The quantitative estimate of drug-likeness (QED) is 0.287. The van der Waals surface area contributed by atoms with Crippen molar-refractivity contribution in [2.24, 2.45) is 10.2 Å².